The summed E-state index contributed by atoms with van der Waals surface area (Å²) >= 11 is 0. The molecule has 0 saturated heterocycles. The summed E-state index contributed by atoms with van der Waals surface area (Å²) < 4.78 is 2.41. The Bertz CT molecular complexity index is 825. The largest absolute Gasteiger partial charge is 0.341 e. The minimum atomic E-state index is 0. The van der Waals surface area contributed by atoms with E-state index in [1.54, 1.807) is 0 Å². The molecule has 0 aliphatic heterocycles. The molecule has 0 aliphatic rings. The number of hydrogen-bond acceptors (Lipinski definition) is 2. The molecule has 0 amide bonds. The topological polar surface area (TPSA) is 20.2 Å². The molecule has 0 atom stereocenters. The Morgan fingerprint density at radius 3 is 2.30 bits per heavy atom. The molecule has 150 valence electrons. The summed E-state index contributed by atoms with van der Waals surface area (Å²) in [6.07, 6.45) is 1.21. The molecule has 1 heterocycles. The molecule has 3 nitrogen and oxygen atoms in total. The average Bonchev–Trinajstić information content (AvgIpc) is 2.98. The standard InChI is InChI=1S/C22H31N3.2ClH/c1-4-24(5-2)15-9-14-23-17-18-12-13-22-20(16-18)19-10-7-8-11-21(19)25(22)6-3;;/h7-8,10-13,16,23H,4-6,9,14-15,17H2,1-3H3;2*1H. The van der Waals surface area contributed by atoms with Crippen LogP contribution in [-0.2, 0) is 13.1 Å². The third-order valence-electron chi connectivity index (χ3n) is 5.20. The molecule has 2 aromatic carbocycles. The molecular weight excluding hydrogens is 377 g/mol. The van der Waals surface area contributed by atoms with Crippen LogP contribution in [0.15, 0.2) is 42.5 Å². The van der Waals surface area contributed by atoms with Crippen LogP contribution in [0.2, 0.25) is 0 Å². The highest BCUT2D eigenvalue weighted by Crippen LogP contribution is 2.29. The number of fused-ring (bicyclic) bond motifs is 3. The summed E-state index contributed by atoms with van der Waals surface area (Å²) in [5, 5.41) is 6.34. The van der Waals surface area contributed by atoms with Crippen LogP contribution in [0.1, 0.15) is 32.8 Å². The monoisotopic (exact) mass is 409 g/mol. The van der Waals surface area contributed by atoms with Crippen molar-refractivity contribution in [3.63, 3.8) is 0 Å². The van der Waals surface area contributed by atoms with Crippen molar-refractivity contribution < 1.29 is 0 Å². The second-order valence-electron chi connectivity index (χ2n) is 6.67. The maximum Gasteiger partial charge on any atom is 0.0491 e. The van der Waals surface area contributed by atoms with E-state index in [1.165, 1.54) is 40.3 Å². The fourth-order valence-electron chi connectivity index (χ4n) is 3.75. The lowest BCUT2D eigenvalue weighted by Gasteiger charge is -2.17. The van der Waals surface area contributed by atoms with Crippen LogP contribution in [-0.4, -0.2) is 35.6 Å². The Kier molecular flexibility index (Phi) is 10.2. The van der Waals surface area contributed by atoms with Gasteiger partial charge >= 0.3 is 0 Å². The molecule has 5 heteroatoms. The molecule has 0 spiro atoms. The first-order valence-electron chi connectivity index (χ1n) is 9.71. The van der Waals surface area contributed by atoms with Gasteiger partial charge in [-0.15, -0.1) is 24.8 Å². The number of aryl methyl sites for hydroxylation is 1. The van der Waals surface area contributed by atoms with Crippen molar-refractivity contribution in [2.45, 2.75) is 40.3 Å². The first kappa shape index (κ1) is 23.8. The molecule has 0 unspecified atom stereocenters. The number of hydrogen-bond donors (Lipinski definition) is 1. The zero-order chi connectivity index (χ0) is 17.6. The Labute approximate surface area is 175 Å². The lowest BCUT2D eigenvalue weighted by molar-refractivity contribution is 0.298. The van der Waals surface area contributed by atoms with Crippen molar-refractivity contribution in [1.82, 2.24) is 14.8 Å². The quantitative estimate of drug-likeness (QED) is 0.472. The number of nitrogens with zero attached hydrogens (tertiary/aromatic N) is 2. The minimum Gasteiger partial charge on any atom is -0.341 e. The Balaban J connectivity index is 0.00000182. The second-order valence-corrected chi connectivity index (χ2v) is 6.67. The predicted octanol–water partition coefficient (Wildman–Crippen LogP) is 5.48. The van der Waals surface area contributed by atoms with Crippen molar-refractivity contribution in [2.24, 2.45) is 0 Å². The van der Waals surface area contributed by atoms with E-state index in [0.717, 1.165) is 32.7 Å². The van der Waals surface area contributed by atoms with E-state index in [0.29, 0.717) is 0 Å². The lowest BCUT2D eigenvalue weighted by atomic mass is 10.1. The maximum absolute atomic E-state index is 3.61. The van der Waals surface area contributed by atoms with Crippen molar-refractivity contribution >= 4 is 46.6 Å². The van der Waals surface area contributed by atoms with Gasteiger partial charge in [-0.1, -0.05) is 38.1 Å². The summed E-state index contributed by atoms with van der Waals surface area (Å²) in [4.78, 5) is 2.48. The first-order chi connectivity index (χ1) is 12.3. The molecule has 1 N–H and O–H groups in total. The van der Waals surface area contributed by atoms with Gasteiger partial charge in [-0.3, -0.25) is 0 Å². The molecule has 0 fully saturated rings. The van der Waals surface area contributed by atoms with E-state index in [-0.39, 0.29) is 24.8 Å². The third kappa shape index (κ3) is 5.39. The van der Waals surface area contributed by atoms with Crippen molar-refractivity contribution in [3.8, 4) is 0 Å². The van der Waals surface area contributed by atoms with Gasteiger partial charge in [-0.05, 0) is 63.3 Å². The molecule has 3 aromatic rings. The van der Waals surface area contributed by atoms with Gasteiger partial charge in [0.15, 0.2) is 0 Å². The predicted molar refractivity (Wildman–Crippen MR) is 124 cm³/mol. The van der Waals surface area contributed by atoms with Gasteiger partial charge < -0.3 is 14.8 Å². The van der Waals surface area contributed by atoms with E-state index in [1.807, 2.05) is 0 Å². The zero-order valence-electron chi connectivity index (χ0n) is 16.7. The molecule has 0 saturated carbocycles. The fourth-order valence-corrected chi connectivity index (χ4v) is 3.75. The number of benzene rings is 2. The van der Waals surface area contributed by atoms with E-state index in [4.69, 9.17) is 0 Å². The summed E-state index contributed by atoms with van der Waals surface area (Å²) in [5.41, 5.74) is 4.05. The lowest BCUT2D eigenvalue weighted by Crippen LogP contribution is -2.27. The van der Waals surface area contributed by atoms with Gasteiger partial charge in [-0.25, -0.2) is 0 Å². The average molecular weight is 410 g/mol. The number of rotatable bonds is 9. The van der Waals surface area contributed by atoms with Crippen molar-refractivity contribution in [2.75, 3.05) is 26.2 Å². The molecule has 0 bridgehead atoms. The fraction of sp³-hybridized carbons (Fsp3) is 0.455. The minimum absolute atomic E-state index is 0. The molecular formula is C22H33Cl2N3. The highest BCUT2D eigenvalue weighted by atomic mass is 35.5. The van der Waals surface area contributed by atoms with Gasteiger partial charge in [0.05, 0.1) is 0 Å². The SMILES string of the molecule is CCN(CC)CCCNCc1ccc2c(c1)c1ccccc1n2CC.Cl.Cl. The zero-order valence-corrected chi connectivity index (χ0v) is 18.3. The number of halogens is 2. The molecule has 27 heavy (non-hydrogen) atoms. The summed E-state index contributed by atoms with van der Waals surface area (Å²) in [7, 11) is 0. The van der Waals surface area contributed by atoms with Crippen LogP contribution in [0.5, 0.6) is 0 Å². The van der Waals surface area contributed by atoms with Crippen LogP contribution >= 0.6 is 24.8 Å². The third-order valence-corrected chi connectivity index (χ3v) is 5.20. The molecule has 1 aromatic heterocycles. The number of aromatic nitrogens is 1. The van der Waals surface area contributed by atoms with E-state index in [9.17, 15) is 0 Å². The van der Waals surface area contributed by atoms with Crippen molar-refractivity contribution in [1.29, 1.82) is 0 Å². The summed E-state index contributed by atoms with van der Waals surface area (Å²) in [6, 6.07) is 15.7. The number of para-hydroxylation sites is 1. The Morgan fingerprint density at radius 1 is 0.889 bits per heavy atom. The highest BCUT2D eigenvalue weighted by Gasteiger charge is 2.09. The Hall–Kier alpha value is -1.26. The van der Waals surface area contributed by atoms with E-state index < -0.39 is 0 Å². The highest BCUT2D eigenvalue weighted by molar-refractivity contribution is 6.08. The van der Waals surface area contributed by atoms with Crippen LogP contribution in [0.3, 0.4) is 0 Å². The van der Waals surface area contributed by atoms with Crippen LogP contribution in [0.4, 0.5) is 0 Å². The van der Waals surface area contributed by atoms with Gasteiger partial charge in [-0.2, -0.15) is 0 Å². The van der Waals surface area contributed by atoms with Crippen LogP contribution in [0, 0.1) is 0 Å². The van der Waals surface area contributed by atoms with Gasteiger partial charge in [0, 0.05) is 34.9 Å². The maximum atomic E-state index is 3.61. The van der Waals surface area contributed by atoms with Crippen LogP contribution in [0.25, 0.3) is 21.8 Å². The van der Waals surface area contributed by atoms with E-state index in [2.05, 4.69) is 78.0 Å². The normalized spacial score (nSPS) is 11.0. The Morgan fingerprint density at radius 2 is 1.59 bits per heavy atom. The van der Waals surface area contributed by atoms with Crippen LogP contribution < -0.4 is 5.32 Å². The van der Waals surface area contributed by atoms with Gasteiger partial charge in [0.25, 0.3) is 0 Å². The first-order valence-corrected chi connectivity index (χ1v) is 9.71. The van der Waals surface area contributed by atoms with Gasteiger partial charge in [0.1, 0.15) is 0 Å². The molecule has 0 aliphatic carbocycles. The smallest absolute Gasteiger partial charge is 0.0491 e. The summed E-state index contributed by atoms with van der Waals surface area (Å²) in [6.45, 7) is 13.2. The van der Waals surface area contributed by atoms with E-state index >= 15 is 0 Å². The van der Waals surface area contributed by atoms with Crippen molar-refractivity contribution in [3.05, 3.63) is 48.0 Å². The molecule has 0 radical (unpaired) electrons. The van der Waals surface area contributed by atoms with Gasteiger partial charge in [0.2, 0.25) is 0 Å². The number of nitrogens with one attached hydrogen (secondary N) is 1. The second kappa shape index (κ2) is 11.6. The molecule has 3 rings (SSSR count). The summed E-state index contributed by atoms with van der Waals surface area (Å²) in [5.74, 6) is 0.